The summed E-state index contributed by atoms with van der Waals surface area (Å²) < 4.78 is 33.3. The Bertz CT molecular complexity index is 1200. The second kappa shape index (κ2) is 8.08. The molecule has 0 radical (unpaired) electrons. The Hall–Kier alpha value is -2.90. The molecule has 6 nitrogen and oxygen atoms in total. The lowest BCUT2D eigenvalue weighted by Gasteiger charge is -2.24. The van der Waals surface area contributed by atoms with Crippen LogP contribution >= 0.6 is 0 Å². The highest BCUT2D eigenvalue weighted by atomic mass is 32.2. The number of carbonyl (C=O) groups is 1. The van der Waals surface area contributed by atoms with Crippen molar-refractivity contribution in [2.24, 2.45) is 0 Å². The van der Waals surface area contributed by atoms with E-state index < -0.39 is 16.1 Å². The van der Waals surface area contributed by atoms with Gasteiger partial charge < -0.3 is 10.1 Å². The number of hydrogen-bond donors (Lipinski definition) is 1. The standard InChI is InChI=1S/C23H24N2O4S/c1-16-12-13-18(29-2)15-22(16)30(27,28)25-14-6-11-21(25)23(26)24-20-10-5-8-17-7-3-4-9-19(17)20/h3-5,7-10,12-13,15,21H,6,11,14H2,1-2H3,(H,24,26). The number of fused-ring (bicyclic) bond motifs is 1. The van der Waals surface area contributed by atoms with Crippen molar-refractivity contribution in [3.63, 3.8) is 0 Å². The first-order valence-electron chi connectivity index (χ1n) is 9.87. The number of ether oxygens (including phenoxy) is 1. The first-order valence-corrected chi connectivity index (χ1v) is 11.3. The molecule has 0 saturated carbocycles. The SMILES string of the molecule is COc1ccc(C)c(S(=O)(=O)N2CCCC2C(=O)Nc2cccc3ccccc23)c1. The number of nitrogens with one attached hydrogen (secondary N) is 1. The van der Waals surface area contributed by atoms with Gasteiger partial charge in [0.25, 0.3) is 0 Å². The van der Waals surface area contributed by atoms with Crippen molar-refractivity contribution >= 4 is 32.4 Å². The number of nitrogens with zero attached hydrogens (tertiary/aromatic N) is 1. The Morgan fingerprint density at radius 2 is 1.87 bits per heavy atom. The number of anilines is 1. The summed E-state index contributed by atoms with van der Waals surface area (Å²) in [6.45, 7) is 2.06. The zero-order chi connectivity index (χ0) is 21.3. The summed E-state index contributed by atoms with van der Waals surface area (Å²) >= 11 is 0. The van der Waals surface area contributed by atoms with Gasteiger partial charge in [0, 0.05) is 23.7 Å². The van der Waals surface area contributed by atoms with Crippen LogP contribution in [0.25, 0.3) is 10.8 Å². The molecule has 7 heteroatoms. The fraction of sp³-hybridized carbons (Fsp3) is 0.261. The molecule has 3 aromatic carbocycles. The van der Waals surface area contributed by atoms with Crippen LogP contribution in [0.1, 0.15) is 18.4 Å². The van der Waals surface area contributed by atoms with Crippen LogP contribution in [0.3, 0.4) is 0 Å². The van der Waals surface area contributed by atoms with E-state index in [0.29, 0.717) is 36.4 Å². The number of rotatable bonds is 5. The molecule has 1 aliphatic rings. The van der Waals surface area contributed by atoms with Crippen LogP contribution in [0.4, 0.5) is 5.69 Å². The van der Waals surface area contributed by atoms with Gasteiger partial charge in [0.05, 0.1) is 12.0 Å². The smallest absolute Gasteiger partial charge is 0.244 e. The van der Waals surface area contributed by atoms with Gasteiger partial charge in [-0.3, -0.25) is 4.79 Å². The number of methoxy groups -OCH3 is 1. The van der Waals surface area contributed by atoms with Crippen LogP contribution in [0, 0.1) is 6.92 Å². The number of amides is 1. The Balaban J connectivity index is 1.64. The zero-order valence-electron chi connectivity index (χ0n) is 17.0. The molecule has 4 rings (SSSR count). The van der Waals surface area contributed by atoms with Crippen LogP contribution in [0.2, 0.25) is 0 Å². The lowest BCUT2D eigenvalue weighted by atomic mass is 10.1. The molecule has 0 aromatic heterocycles. The molecule has 30 heavy (non-hydrogen) atoms. The minimum absolute atomic E-state index is 0.173. The Morgan fingerprint density at radius 3 is 2.67 bits per heavy atom. The van der Waals surface area contributed by atoms with Gasteiger partial charge in [0.1, 0.15) is 11.8 Å². The van der Waals surface area contributed by atoms with Crippen molar-refractivity contribution in [3.8, 4) is 5.75 Å². The van der Waals surface area contributed by atoms with E-state index in [1.807, 2.05) is 42.5 Å². The molecule has 0 bridgehead atoms. The van der Waals surface area contributed by atoms with Crippen molar-refractivity contribution in [2.45, 2.75) is 30.7 Å². The van der Waals surface area contributed by atoms with Gasteiger partial charge in [0.2, 0.25) is 15.9 Å². The van der Waals surface area contributed by atoms with Crippen molar-refractivity contribution in [1.29, 1.82) is 0 Å². The maximum atomic E-state index is 13.4. The quantitative estimate of drug-likeness (QED) is 0.673. The summed E-state index contributed by atoms with van der Waals surface area (Å²) in [5.74, 6) is 0.156. The second-order valence-electron chi connectivity index (χ2n) is 7.42. The number of aryl methyl sites for hydroxylation is 1. The minimum Gasteiger partial charge on any atom is -0.497 e. The molecule has 0 spiro atoms. The van der Waals surface area contributed by atoms with Gasteiger partial charge in [-0.05, 0) is 42.8 Å². The largest absolute Gasteiger partial charge is 0.497 e. The minimum atomic E-state index is -3.84. The molecule has 0 aliphatic carbocycles. The summed E-state index contributed by atoms with van der Waals surface area (Å²) in [6, 6.07) is 17.7. The third kappa shape index (κ3) is 3.66. The van der Waals surface area contributed by atoms with Crippen LogP contribution in [0.15, 0.2) is 65.6 Å². The number of benzene rings is 3. The third-order valence-electron chi connectivity index (χ3n) is 5.54. The predicted octanol–water partition coefficient (Wildman–Crippen LogP) is 3.95. The molecule has 1 fully saturated rings. The Kier molecular flexibility index (Phi) is 5.49. The molecule has 1 amide bonds. The van der Waals surface area contributed by atoms with Crippen LogP contribution in [-0.2, 0) is 14.8 Å². The molecule has 1 N–H and O–H groups in total. The summed E-state index contributed by atoms with van der Waals surface area (Å²) in [7, 11) is -2.34. The van der Waals surface area contributed by atoms with Gasteiger partial charge in [0.15, 0.2) is 0 Å². The van der Waals surface area contributed by atoms with E-state index in [0.717, 1.165) is 10.8 Å². The monoisotopic (exact) mass is 424 g/mol. The number of sulfonamides is 1. The highest BCUT2D eigenvalue weighted by Gasteiger charge is 2.40. The predicted molar refractivity (Wildman–Crippen MR) is 117 cm³/mol. The maximum absolute atomic E-state index is 13.4. The summed E-state index contributed by atoms with van der Waals surface area (Å²) in [6.07, 6.45) is 1.12. The van der Waals surface area contributed by atoms with Crippen LogP contribution < -0.4 is 10.1 Å². The number of hydrogen-bond acceptors (Lipinski definition) is 4. The lowest BCUT2D eigenvalue weighted by molar-refractivity contribution is -0.119. The Morgan fingerprint density at radius 1 is 1.10 bits per heavy atom. The van der Waals surface area contributed by atoms with Crippen LogP contribution in [0.5, 0.6) is 5.75 Å². The van der Waals surface area contributed by atoms with Crippen molar-refractivity contribution < 1.29 is 17.9 Å². The van der Waals surface area contributed by atoms with E-state index in [9.17, 15) is 13.2 Å². The van der Waals surface area contributed by atoms with Gasteiger partial charge in [-0.2, -0.15) is 4.31 Å². The maximum Gasteiger partial charge on any atom is 0.244 e. The van der Waals surface area contributed by atoms with E-state index in [1.54, 1.807) is 19.1 Å². The zero-order valence-corrected chi connectivity index (χ0v) is 17.8. The molecular weight excluding hydrogens is 400 g/mol. The molecular formula is C23H24N2O4S. The van der Waals surface area contributed by atoms with E-state index in [2.05, 4.69) is 5.32 Å². The average molecular weight is 425 g/mol. The van der Waals surface area contributed by atoms with Gasteiger partial charge in [-0.25, -0.2) is 8.42 Å². The van der Waals surface area contributed by atoms with Crippen molar-refractivity contribution in [3.05, 3.63) is 66.2 Å². The molecule has 3 aromatic rings. The molecule has 1 aliphatic heterocycles. The van der Waals surface area contributed by atoms with E-state index >= 15 is 0 Å². The highest BCUT2D eigenvalue weighted by molar-refractivity contribution is 7.89. The fourth-order valence-electron chi connectivity index (χ4n) is 3.95. The third-order valence-corrected chi connectivity index (χ3v) is 7.59. The van der Waals surface area contributed by atoms with Crippen LogP contribution in [-0.4, -0.2) is 38.3 Å². The molecule has 1 saturated heterocycles. The summed E-state index contributed by atoms with van der Waals surface area (Å²) in [5, 5.41) is 4.88. The average Bonchev–Trinajstić information content (AvgIpc) is 3.25. The lowest BCUT2D eigenvalue weighted by Crippen LogP contribution is -2.43. The topological polar surface area (TPSA) is 75.7 Å². The van der Waals surface area contributed by atoms with Gasteiger partial charge in [-0.15, -0.1) is 0 Å². The Labute approximate surface area is 176 Å². The molecule has 1 atom stereocenters. The van der Waals surface area contributed by atoms with Crippen molar-refractivity contribution in [2.75, 3.05) is 19.0 Å². The van der Waals surface area contributed by atoms with Gasteiger partial charge >= 0.3 is 0 Å². The number of carbonyl (C=O) groups excluding carboxylic acids is 1. The summed E-state index contributed by atoms with van der Waals surface area (Å²) in [5.41, 5.74) is 1.30. The molecule has 1 unspecified atom stereocenters. The molecule has 156 valence electrons. The highest BCUT2D eigenvalue weighted by Crippen LogP contribution is 2.31. The normalized spacial score (nSPS) is 17.2. The van der Waals surface area contributed by atoms with Crippen molar-refractivity contribution in [1.82, 2.24) is 4.31 Å². The van der Waals surface area contributed by atoms with Gasteiger partial charge in [-0.1, -0.05) is 42.5 Å². The fourth-order valence-corrected chi connectivity index (χ4v) is 5.85. The van der Waals surface area contributed by atoms with E-state index in [4.69, 9.17) is 4.74 Å². The van der Waals surface area contributed by atoms with E-state index in [1.165, 1.54) is 17.5 Å². The first-order chi connectivity index (χ1) is 14.4. The summed E-state index contributed by atoms with van der Waals surface area (Å²) in [4.78, 5) is 13.3. The first kappa shape index (κ1) is 20.4. The van der Waals surface area contributed by atoms with E-state index in [-0.39, 0.29) is 10.8 Å². The second-order valence-corrected chi connectivity index (χ2v) is 9.28. The molecule has 1 heterocycles.